The van der Waals surface area contributed by atoms with Crippen LogP contribution in [-0.4, -0.2) is 42.5 Å². The second kappa shape index (κ2) is 9.48. The van der Waals surface area contributed by atoms with Crippen LogP contribution in [0.15, 0.2) is 0 Å². The Labute approximate surface area is 142 Å². The fourth-order valence-electron chi connectivity index (χ4n) is 2.34. The monoisotopic (exact) mass is 330 g/mol. The van der Waals surface area contributed by atoms with Crippen molar-refractivity contribution >= 4 is 6.09 Å². The fourth-order valence-corrected chi connectivity index (χ4v) is 2.34. The number of rotatable bonds is 8. The van der Waals surface area contributed by atoms with Crippen LogP contribution < -0.4 is 10.6 Å². The van der Waals surface area contributed by atoms with Gasteiger partial charge in [0, 0.05) is 25.7 Å². The van der Waals surface area contributed by atoms with Gasteiger partial charge in [0.25, 0.3) is 0 Å². The molecule has 0 spiro atoms. The van der Waals surface area contributed by atoms with E-state index < -0.39 is 5.60 Å². The van der Waals surface area contributed by atoms with Gasteiger partial charge in [0.05, 0.1) is 0 Å². The summed E-state index contributed by atoms with van der Waals surface area (Å²) in [6, 6.07) is 0.246. The number of hydrogen-bond acceptors (Lipinski definition) is 4. The average molecular weight is 331 g/mol. The van der Waals surface area contributed by atoms with E-state index in [4.69, 9.17) is 4.74 Å². The zero-order valence-corrected chi connectivity index (χ0v) is 16.3. The molecule has 1 amide bonds. The number of hydrogen-bond donors (Lipinski definition) is 3. The van der Waals surface area contributed by atoms with E-state index in [1.165, 1.54) is 0 Å². The number of amides is 1. The summed E-state index contributed by atoms with van der Waals surface area (Å²) < 4.78 is 5.28. The van der Waals surface area contributed by atoms with Crippen molar-refractivity contribution < 1.29 is 14.6 Å². The lowest BCUT2D eigenvalue weighted by molar-refractivity contribution is 0.0513. The van der Waals surface area contributed by atoms with Gasteiger partial charge in [0.1, 0.15) is 5.60 Å². The molecule has 0 aliphatic carbocycles. The van der Waals surface area contributed by atoms with Crippen molar-refractivity contribution in [1.82, 2.24) is 10.6 Å². The largest absolute Gasteiger partial charge is 0.444 e. The molecule has 0 rings (SSSR count). The molecule has 138 valence electrons. The molecule has 23 heavy (non-hydrogen) atoms. The van der Waals surface area contributed by atoms with E-state index in [9.17, 15) is 9.90 Å². The average Bonchev–Trinajstić information content (AvgIpc) is 2.33. The van der Waals surface area contributed by atoms with Crippen molar-refractivity contribution in [3.05, 3.63) is 0 Å². The van der Waals surface area contributed by atoms with Gasteiger partial charge in [-0.15, -0.1) is 0 Å². The SMILES string of the molecule is CC(C)C(CNC(=O)OC(C)(C)C)CNC(CCO)C(C)(C)C. The second-order valence-electron chi connectivity index (χ2n) is 8.73. The Bertz CT molecular complexity index is 343. The first kappa shape index (κ1) is 22.2. The maximum Gasteiger partial charge on any atom is 0.407 e. The highest BCUT2D eigenvalue weighted by atomic mass is 16.6. The number of ether oxygens (including phenoxy) is 1. The number of alkyl carbamates (subject to hydrolysis) is 1. The first-order valence-electron chi connectivity index (χ1n) is 8.68. The molecule has 3 N–H and O–H groups in total. The molecule has 5 heteroatoms. The Morgan fingerprint density at radius 2 is 1.65 bits per heavy atom. The summed E-state index contributed by atoms with van der Waals surface area (Å²) in [5.41, 5.74) is -0.392. The lowest BCUT2D eigenvalue weighted by atomic mass is 9.84. The van der Waals surface area contributed by atoms with Crippen LogP contribution in [0.2, 0.25) is 0 Å². The van der Waals surface area contributed by atoms with Gasteiger partial charge in [-0.3, -0.25) is 0 Å². The van der Waals surface area contributed by atoms with Crippen molar-refractivity contribution in [3.63, 3.8) is 0 Å². The zero-order valence-electron chi connectivity index (χ0n) is 16.3. The van der Waals surface area contributed by atoms with Crippen LogP contribution in [0.25, 0.3) is 0 Å². The fraction of sp³-hybridized carbons (Fsp3) is 0.944. The van der Waals surface area contributed by atoms with Gasteiger partial charge in [-0.1, -0.05) is 34.6 Å². The molecule has 0 aromatic rings. The summed E-state index contributed by atoms with van der Waals surface area (Å²) in [6.45, 7) is 18.0. The van der Waals surface area contributed by atoms with Gasteiger partial charge in [0.2, 0.25) is 0 Å². The summed E-state index contributed by atoms with van der Waals surface area (Å²) in [5, 5.41) is 15.7. The molecule has 0 aromatic carbocycles. The molecule has 0 aliphatic rings. The molecule has 2 atom stereocenters. The minimum atomic E-state index is -0.478. The molecule has 5 nitrogen and oxygen atoms in total. The van der Waals surface area contributed by atoms with E-state index in [0.29, 0.717) is 18.4 Å². The van der Waals surface area contributed by atoms with E-state index in [1.807, 2.05) is 20.8 Å². The molecular weight excluding hydrogens is 292 g/mol. The van der Waals surface area contributed by atoms with Gasteiger partial charge < -0.3 is 20.5 Å². The number of carbonyl (C=O) groups excluding carboxylic acids is 1. The lowest BCUT2D eigenvalue weighted by Gasteiger charge is -2.33. The van der Waals surface area contributed by atoms with Crippen LogP contribution in [0.3, 0.4) is 0 Å². The Hall–Kier alpha value is -0.810. The van der Waals surface area contributed by atoms with Crippen molar-refractivity contribution in [2.75, 3.05) is 19.7 Å². The third kappa shape index (κ3) is 10.6. The van der Waals surface area contributed by atoms with Crippen LogP contribution in [-0.2, 0) is 4.74 Å². The predicted octanol–water partition coefficient (Wildman–Crippen LogP) is 3.17. The molecule has 0 aliphatic heterocycles. The number of nitrogens with one attached hydrogen (secondary N) is 2. The first-order chi connectivity index (χ1) is 10.4. The van der Waals surface area contributed by atoms with Gasteiger partial charge in [-0.2, -0.15) is 0 Å². The Morgan fingerprint density at radius 3 is 2.04 bits per heavy atom. The molecule has 0 aromatic heterocycles. The summed E-state index contributed by atoms with van der Waals surface area (Å²) in [7, 11) is 0. The Morgan fingerprint density at radius 1 is 1.09 bits per heavy atom. The summed E-state index contributed by atoms with van der Waals surface area (Å²) >= 11 is 0. The number of aliphatic hydroxyl groups is 1. The normalized spacial score (nSPS) is 15.4. The van der Waals surface area contributed by atoms with Crippen molar-refractivity contribution in [2.45, 2.75) is 73.5 Å². The van der Waals surface area contributed by atoms with Crippen molar-refractivity contribution in [2.24, 2.45) is 17.3 Å². The van der Waals surface area contributed by atoms with E-state index in [-0.39, 0.29) is 24.2 Å². The zero-order chi connectivity index (χ0) is 18.3. The van der Waals surface area contributed by atoms with E-state index in [2.05, 4.69) is 45.3 Å². The van der Waals surface area contributed by atoms with Crippen LogP contribution in [0.1, 0.15) is 61.8 Å². The highest BCUT2D eigenvalue weighted by molar-refractivity contribution is 5.67. The van der Waals surface area contributed by atoms with E-state index >= 15 is 0 Å². The minimum absolute atomic E-state index is 0.0862. The summed E-state index contributed by atoms with van der Waals surface area (Å²) in [5.74, 6) is 0.748. The van der Waals surface area contributed by atoms with Gasteiger partial charge >= 0.3 is 6.09 Å². The third-order valence-electron chi connectivity index (χ3n) is 3.94. The minimum Gasteiger partial charge on any atom is -0.444 e. The first-order valence-corrected chi connectivity index (χ1v) is 8.68. The molecule has 0 radical (unpaired) electrons. The van der Waals surface area contributed by atoms with Gasteiger partial charge in [-0.25, -0.2) is 4.79 Å². The molecule has 2 unspecified atom stereocenters. The van der Waals surface area contributed by atoms with Crippen molar-refractivity contribution in [3.8, 4) is 0 Å². The smallest absolute Gasteiger partial charge is 0.407 e. The second-order valence-corrected chi connectivity index (χ2v) is 8.73. The number of carbonyl (C=O) groups is 1. The standard InChI is InChI=1S/C18H38N2O3/c1-13(2)14(12-20-16(22)23-18(6,7)8)11-19-15(9-10-21)17(3,4)5/h13-15,19,21H,9-12H2,1-8H3,(H,20,22). The predicted molar refractivity (Wildman–Crippen MR) is 95.5 cm³/mol. The van der Waals surface area contributed by atoms with E-state index in [1.54, 1.807) is 0 Å². The van der Waals surface area contributed by atoms with Crippen LogP contribution in [0.5, 0.6) is 0 Å². The van der Waals surface area contributed by atoms with E-state index in [0.717, 1.165) is 13.0 Å². The lowest BCUT2D eigenvalue weighted by Crippen LogP contribution is -2.46. The van der Waals surface area contributed by atoms with Crippen LogP contribution >= 0.6 is 0 Å². The van der Waals surface area contributed by atoms with Crippen LogP contribution in [0, 0.1) is 17.3 Å². The highest BCUT2D eigenvalue weighted by Crippen LogP contribution is 2.22. The van der Waals surface area contributed by atoms with Gasteiger partial charge in [-0.05, 0) is 44.4 Å². The van der Waals surface area contributed by atoms with Gasteiger partial charge in [0.15, 0.2) is 0 Å². The molecular formula is C18H38N2O3. The third-order valence-corrected chi connectivity index (χ3v) is 3.94. The number of aliphatic hydroxyl groups excluding tert-OH is 1. The maximum atomic E-state index is 11.8. The maximum absolute atomic E-state index is 11.8. The quantitative estimate of drug-likeness (QED) is 0.639. The summed E-state index contributed by atoms with van der Waals surface area (Å²) in [4.78, 5) is 11.8. The molecule has 0 saturated carbocycles. The van der Waals surface area contributed by atoms with Crippen LogP contribution in [0.4, 0.5) is 4.79 Å². The topological polar surface area (TPSA) is 70.6 Å². The molecule has 0 saturated heterocycles. The molecule has 0 heterocycles. The Kier molecular flexibility index (Phi) is 9.14. The Balaban J connectivity index is 4.49. The molecule has 0 fully saturated rings. The summed E-state index contributed by atoms with van der Waals surface area (Å²) in [6.07, 6.45) is 0.360. The van der Waals surface area contributed by atoms with Crippen molar-refractivity contribution in [1.29, 1.82) is 0 Å². The molecule has 0 bridgehead atoms. The highest BCUT2D eigenvalue weighted by Gasteiger charge is 2.25.